The van der Waals surface area contributed by atoms with Gasteiger partial charge in [0.25, 0.3) is 0 Å². The lowest BCUT2D eigenvalue weighted by molar-refractivity contribution is -0.185. The number of aromatic carboxylic acids is 4. The zero-order valence-electron chi connectivity index (χ0n) is 20.2. The molecular weight excluding hydrogens is 536 g/mol. The summed E-state index contributed by atoms with van der Waals surface area (Å²) in [6.45, 7) is 1.51. The summed E-state index contributed by atoms with van der Waals surface area (Å²) in [5.74, 6) is -10.2. The third kappa shape index (κ3) is 4.94. The minimum Gasteiger partial charge on any atom is -0.478 e. The molecule has 0 spiro atoms. The molecule has 0 atom stereocenters. The highest BCUT2D eigenvalue weighted by molar-refractivity contribution is 6.17. The Morgan fingerprint density at radius 1 is 0.600 bits per heavy atom. The second-order valence-corrected chi connectivity index (χ2v) is 8.00. The van der Waals surface area contributed by atoms with E-state index in [0.29, 0.717) is 0 Å². The summed E-state index contributed by atoms with van der Waals surface area (Å²) in [7, 11) is 0. The third-order valence-corrected chi connectivity index (χ3v) is 5.94. The van der Waals surface area contributed by atoms with Gasteiger partial charge in [0.2, 0.25) is 0 Å². The molecule has 3 rings (SSSR count). The van der Waals surface area contributed by atoms with Crippen LogP contribution in [0.5, 0.6) is 0 Å². The van der Waals surface area contributed by atoms with Crippen LogP contribution in [0.2, 0.25) is 0 Å². The molecule has 0 fully saturated rings. The van der Waals surface area contributed by atoms with Crippen LogP contribution in [-0.2, 0) is 16.2 Å². The van der Waals surface area contributed by atoms with E-state index in [9.17, 15) is 54.5 Å². The highest BCUT2D eigenvalue weighted by Gasteiger charge is 2.34. The Hall–Kier alpha value is -5.60. The van der Waals surface area contributed by atoms with Gasteiger partial charge in [-0.15, -0.1) is 0 Å². The second-order valence-electron chi connectivity index (χ2n) is 8.00. The van der Waals surface area contributed by atoms with E-state index in [-0.39, 0.29) is 23.1 Å². The maximum Gasteiger partial charge on any atom is 0.374 e. The van der Waals surface area contributed by atoms with Crippen molar-refractivity contribution in [3.05, 3.63) is 81.4 Å². The molecule has 0 saturated heterocycles. The number of carboxylic acids is 4. The van der Waals surface area contributed by atoms with Crippen molar-refractivity contribution in [3.63, 3.8) is 0 Å². The number of rotatable bonds is 9. The van der Waals surface area contributed by atoms with E-state index in [4.69, 9.17) is 5.26 Å². The molecule has 0 aliphatic heterocycles. The van der Waals surface area contributed by atoms with Crippen molar-refractivity contribution in [3.8, 4) is 22.3 Å². The molecule has 0 heterocycles. The summed E-state index contributed by atoms with van der Waals surface area (Å²) in [5.41, 5.74) is -6.74. The van der Waals surface area contributed by atoms with Crippen molar-refractivity contribution in [1.82, 2.24) is 0 Å². The van der Waals surface area contributed by atoms with Gasteiger partial charge in [-0.05, 0) is 46.9 Å². The summed E-state index contributed by atoms with van der Waals surface area (Å²) in [4.78, 5) is 81.4. The van der Waals surface area contributed by atoms with Crippen LogP contribution in [0.15, 0.2) is 42.5 Å². The quantitative estimate of drug-likeness (QED) is 0.163. The molecule has 14 heteroatoms. The molecule has 0 bridgehead atoms. The van der Waals surface area contributed by atoms with Crippen LogP contribution < -0.4 is 0 Å². The van der Waals surface area contributed by atoms with Crippen molar-refractivity contribution >= 4 is 35.8 Å². The van der Waals surface area contributed by atoms with E-state index in [2.05, 4.69) is 9.78 Å². The van der Waals surface area contributed by atoms with E-state index in [1.54, 1.807) is 0 Å². The fourth-order valence-corrected chi connectivity index (χ4v) is 4.40. The van der Waals surface area contributed by atoms with Crippen LogP contribution in [-0.4, -0.2) is 66.8 Å². The normalized spacial score (nSPS) is 10.5. The van der Waals surface area contributed by atoms with Crippen molar-refractivity contribution in [1.29, 1.82) is 0 Å². The van der Waals surface area contributed by atoms with Gasteiger partial charge in [-0.3, -0.25) is 9.78 Å². The van der Waals surface area contributed by atoms with Gasteiger partial charge in [0.05, 0.1) is 33.4 Å². The molecule has 6 N–H and O–H groups in total. The summed E-state index contributed by atoms with van der Waals surface area (Å²) < 4.78 is 0. The van der Waals surface area contributed by atoms with E-state index >= 15 is 0 Å². The lowest BCUT2D eigenvalue weighted by atomic mass is 9.79. The van der Waals surface area contributed by atoms with E-state index in [0.717, 1.165) is 36.4 Å². The maximum atomic E-state index is 12.9. The number of hydrogen-bond acceptors (Lipinski definition) is 10. The van der Waals surface area contributed by atoms with E-state index in [1.807, 2.05) is 0 Å². The molecule has 14 nitrogen and oxygen atoms in total. The van der Waals surface area contributed by atoms with Gasteiger partial charge in [0, 0.05) is 5.56 Å². The molecule has 0 radical (unpaired) electrons. The van der Waals surface area contributed by atoms with Crippen molar-refractivity contribution in [2.45, 2.75) is 13.3 Å². The first kappa shape index (κ1) is 29.0. The summed E-state index contributed by atoms with van der Waals surface area (Å²) >= 11 is 0. The van der Waals surface area contributed by atoms with Crippen LogP contribution in [0.3, 0.4) is 0 Å². The van der Waals surface area contributed by atoms with Crippen LogP contribution in [0.4, 0.5) is 0 Å². The third-order valence-electron chi connectivity index (χ3n) is 5.94. The fraction of sp³-hybridized carbons (Fsp3) is 0.0769. The molecule has 0 saturated carbocycles. The summed E-state index contributed by atoms with van der Waals surface area (Å²) in [5, 5.41) is 57.6. The molecule has 0 aromatic heterocycles. The number of aryl methyl sites for hydroxylation is 1. The van der Waals surface area contributed by atoms with Crippen LogP contribution in [0.25, 0.3) is 22.3 Å². The van der Waals surface area contributed by atoms with Gasteiger partial charge in [-0.1, -0.05) is 31.2 Å². The SMILES string of the molecule is CCc1cc(C(=O)OO)c(C(=O)OO)c(-c2cccc(C(=O)O)c2C(=O)O)c1-c1cccc(C(=O)O)c1C(=O)O. The zero-order valence-corrected chi connectivity index (χ0v) is 20.2. The van der Waals surface area contributed by atoms with Gasteiger partial charge < -0.3 is 20.4 Å². The zero-order chi connectivity index (χ0) is 29.9. The predicted octanol–water partition coefficient (Wildman–Crippen LogP) is 3.64. The van der Waals surface area contributed by atoms with Crippen molar-refractivity contribution in [2.24, 2.45) is 0 Å². The molecule has 0 amide bonds. The molecule has 3 aromatic carbocycles. The summed E-state index contributed by atoms with van der Waals surface area (Å²) in [6.07, 6.45) is -0.0696. The highest BCUT2D eigenvalue weighted by atomic mass is 17.1. The van der Waals surface area contributed by atoms with Gasteiger partial charge in [0.1, 0.15) is 0 Å². The van der Waals surface area contributed by atoms with Crippen LogP contribution in [0, 0.1) is 0 Å². The Bertz CT molecular complexity index is 1600. The molecule has 0 aliphatic carbocycles. The fourth-order valence-electron chi connectivity index (χ4n) is 4.40. The first-order valence-corrected chi connectivity index (χ1v) is 11.0. The minimum atomic E-state index is -1.81. The largest absolute Gasteiger partial charge is 0.478 e. The Kier molecular flexibility index (Phi) is 8.27. The molecule has 3 aromatic rings. The molecule has 40 heavy (non-hydrogen) atoms. The number of carboxylic acid groups (broad SMARTS) is 4. The van der Waals surface area contributed by atoms with Gasteiger partial charge in [0.15, 0.2) is 0 Å². The standard InChI is InChI=1S/C26H18O14/c1-2-10-9-15(25(35)39-37)20(26(36)40-38)19(12-6-4-8-14(22(29)30)18(12)24(33)34)16(10)11-5-3-7-13(21(27)28)17(11)23(31)32/h3-9,37-38H,2H2,1H3,(H,27,28)(H,29,30)(H,31,32)(H,33,34). The lowest BCUT2D eigenvalue weighted by Crippen LogP contribution is -2.18. The van der Waals surface area contributed by atoms with Crippen molar-refractivity contribution < 1.29 is 69.5 Å². The molecular formula is C26H18O14. The first-order valence-electron chi connectivity index (χ1n) is 11.0. The van der Waals surface area contributed by atoms with Gasteiger partial charge in [-0.25, -0.2) is 28.8 Å². The van der Waals surface area contributed by atoms with Crippen molar-refractivity contribution in [2.75, 3.05) is 0 Å². The maximum absolute atomic E-state index is 12.9. The second kappa shape index (κ2) is 11.4. The van der Waals surface area contributed by atoms with Gasteiger partial charge in [-0.2, -0.15) is 10.5 Å². The monoisotopic (exact) mass is 554 g/mol. The number of carbonyl (C=O) groups excluding carboxylic acids is 2. The molecule has 0 aliphatic rings. The first-order chi connectivity index (χ1) is 18.9. The summed E-state index contributed by atoms with van der Waals surface area (Å²) in [6, 6.07) is 7.32. The highest BCUT2D eigenvalue weighted by Crippen LogP contribution is 2.44. The predicted molar refractivity (Wildman–Crippen MR) is 131 cm³/mol. The van der Waals surface area contributed by atoms with E-state index < -0.39 is 80.3 Å². The Labute approximate surface area is 222 Å². The Morgan fingerprint density at radius 3 is 1.43 bits per heavy atom. The Balaban J connectivity index is 2.81. The lowest BCUT2D eigenvalue weighted by Gasteiger charge is -2.23. The average Bonchev–Trinajstić information content (AvgIpc) is 2.93. The van der Waals surface area contributed by atoms with Crippen LogP contribution >= 0.6 is 0 Å². The minimum absolute atomic E-state index is 0.00648. The Morgan fingerprint density at radius 2 is 1.05 bits per heavy atom. The number of benzene rings is 3. The van der Waals surface area contributed by atoms with Crippen LogP contribution in [0.1, 0.15) is 74.6 Å². The molecule has 206 valence electrons. The molecule has 0 unspecified atom stereocenters. The number of carbonyl (C=O) groups is 6. The number of hydrogen-bond donors (Lipinski definition) is 6. The van der Waals surface area contributed by atoms with E-state index in [1.165, 1.54) is 13.0 Å². The average molecular weight is 554 g/mol. The topological polar surface area (TPSA) is 242 Å². The van der Waals surface area contributed by atoms with Gasteiger partial charge >= 0.3 is 35.8 Å². The smallest absolute Gasteiger partial charge is 0.374 e.